The van der Waals surface area contributed by atoms with E-state index in [2.05, 4.69) is 6.08 Å². The molecule has 0 aromatic carbocycles. The highest BCUT2D eigenvalue weighted by atomic mass is 16.6. The van der Waals surface area contributed by atoms with Crippen LogP contribution in [0, 0.1) is 11.8 Å². The molecule has 2 rings (SSSR count). The van der Waals surface area contributed by atoms with Crippen molar-refractivity contribution in [2.24, 2.45) is 11.8 Å². The zero-order valence-electron chi connectivity index (χ0n) is 14.3. The molecule has 5 nitrogen and oxygen atoms in total. The largest absolute Gasteiger partial charge is 0.462 e. The van der Waals surface area contributed by atoms with E-state index in [0.29, 0.717) is 6.42 Å². The van der Waals surface area contributed by atoms with Crippen LogP contribution in [0.15, 0.2) is 23.3 Å². The molecule has 1 aliphatic carbocycles. The van der Waals surface area contributed by atoms with Crippen LogP contribution in [0.25, 0.3) is 0 Å². The molecule has 0 amide bonds. The fourth-order valence-corrected chi connectivity index (χ4v) is 3.44. The monoisotopic (exact) mass is 322 g/mol. The van der Waals surface area contributed by atoms with E-state index >= 15 is 0 Å². The molecule has 0 saturated carbocycles. The average molecular weight is 322 g/mol. The summed E-state index contributed by atoms with van der Waals surface area (Å²) in [5.41, 5.74) is 2.35. The van der Waals surface area contributed by atoms with Crippen molar-refractivity contribution in [3.8, 4) is 0 Å². The minimum absolute atomic E-state index is 0.220. The zero-order chi connectivity index (χ0) is 17.0. The molecule has 128 valence electrons. The summed E-state index contributed by atoms with van der Waals surface area (Å²) < 4.78 is 16.3. The number of fused-ring (bicyclic) bond motifs is 1. The minimum atomic E-state index is -0.411. The van der Waals surface area contributed by atoms with Gasteiger partial charge in [0.1, 0.15) is 12.2 Å². The Morgan fingerprint density at radius 1 is 1.35 bits per heavy atom. The second-order valence-electron chi connectivity index (χ2n) is 6.49. The van der Waals surface area contributed by atoms with Gasteiger partial charge in [0.2, 0.25) is 0 Å². The third kappa shape index (κ3) is 4.44. The van der Waals surface area contributed by atoms with Gasteiger partial charge in [-0.1, -0.05) is 17.2 Å². The predicted molar refractivity (Wildman–Crippen MR) is 85.7 cm³/mol. The summed E-state index contributed by atoms with van der Waals surface area (Å²) in [5.74, 6) is -1.24. The lowest BCUT2D eigenvalue weighted by Crippen LogP contribution is -2.37. The second kappa shape index (κ2) is 7.77. The number of hydrogen-bond acceptors (Lipinski definition) is 5. The SMILES string of the molecule is COCC1C(=O)OC2C=C(C)CCC=C(C)CC(OC(C)=O)C21. The third-order valence-electron chi connectivity index (χ3n) is 4.50. The van der Waals surface area contributed by atoms with Gasteiger partial charge in [-0.3, -0.25) is 9.59 Å². The van der Waals surface area contributed by atoms with Crippen molar-refractivity contribution in [3.63, 3.8) is 0 Å². The molecule has 2 aliphatic rings. The Hall–Kier alpha value is -1.62. The molecule has 4 atom stereocenters. The fraction of sp³-hybridized carbons (Fsp3) is 0.667. The van der Waals surface area contributed by atoms with Gasteiger partial charge in [0.15, 0.2) is 0 Å². The van der Waals surface area contributed by atoms with Crippen molar-refractivity contribution in [2.75, 3.05) is 13.7 Å². The number of carbonyl (C=O) groups is 2. The summed E-state index contributed by atoms with van der Waals surface area (Å²) in [6.45, 7) is 5.75. The molecule has 0 N–H and O–H groups in total. The van der Waals surface area contributed by atoms with E-state index in [9.17, 15) is 9.59 Å². The summed E-state index contributed by atoms with van der Waals surface area (Å²) >= 11 is 0. The zero-order valence-corrected chi connectivity index (χ0v) is 14.3. The predicted octanol–water partition coefficient (Wildman–Crippen LogP) is 2.80. The van der Waals surface area contributed by atoms with Gasteiger partial charge in [0.05, 0.1) is 18.4 Å². The van der Waals surface area contributed by atoms with E-state index in [1.54, 1.807) is 7.11 Å². The fourth-order valence-electron chi connectivity index (χ4n) is 3.44. The van der Waals surface area contributed by atoms with Crippen LogP contribution >= 0.6 is 0 Å². The van der Waals surface area contributed by atoms with Crippen LogP contribution in [0.3, 0.4) is 0 Å². The van der Waals surface area contributed by atoms with Crippen LogP contribution < -0.4 is 0 Å². The molecule has 1 fully saturated rings. The molecular formula is C18H26O5. The molecular weight excluding hydrogens is 296 g/mol. The van der Waals surface area contributed by atoms with Gasteiger partial charge in [-0.15, -0.1) is 0 Å². The maximum Gasteiger partial charge on any atom is 0.312 e. The van der Waals surface area contributed by atoms with Gasteiger partial charge < -0.3 is 14.2 Å². The van der Waals surface area contributed by atoms with Crippen LogP contribution in [-0.4, -0.2) is 37.9 Å². The van der Waals surface area contributed by atoms with Gasteiger partial charge in [-0.05, 0) is 32.8 Å². The second-order valence-corrected chi connectivity index (χ2v) is 6.49. The van der Waals surface area contributed by atoms with Crippen LogP contribution in [0.5, 0.6) is 0 Å². The van der Waals surface area contributed by atoms with Crippen molar-refractivity contribution in [1.82, 2.24) is 0 Å². The van der Waals surface area contributed by atoms with Crippen LogP contribution in [0.2, 0.25) is 0 Å². The van der Waals surface area contributed by atoms with E-state index < -0.39 is 5.92 Å². The molecule has 5 heteroatoms. The maximum absolute atomic E-state index is 12.3. The Labute approximate surface area is 137 Å². The van der Waals surface area contributed by atoms with Crippen LogP contribution in [-0.2, 0) is 23.8 Å². The first-order valence-electron chi connectivity index (χ1n) is 8.12. The molecule has 1 aliphatic heterocycles. The lowest BCUT2D eigenvalue weighted by Gasteiger charge is -2.29. The Kier molecular flexibility index (Phi) is 5.99. The van der Waals surface area contributed by atoms with Crippen molar-refractivity contribution >= 4 is 11.9 Å². The normalized spacial score (nSPS) is 31.6. The van der Waals surface area contributed by atoms with Crippen molar-refractivity contribution in [2.45, 2.75) is 52.2 Å². The Bertz CT molecular complexity index is 520. The molecule has 23 heavy (non-hydrogen) atoms. The third-order valence-corrected chi connectivity index (χ3v) is 4.50. The van der Waals surface area contributed by atoms with Gasteiger partial charge in [0.25, 0.3) is 0 Å². The van der Waals surface area contributed by atoms with E-state index in [-0.39, 0.29) is 36.7 Å². The Morgan fingerprint density at radius 3 is 2.74 bits per heavy atom. The topological polar surface area (TPSA) is 61.8 Å². The number of esters is 2. The first kappa shape index (κ1) is 17.7. The average Bonchev–Trinajstić information content (AvgIpc) is 2.73. The quantitative estimate of drug-likeness (QED) is 0.590. The van der Waals surface area contributed by atoms with Gasteiger partial charge in [-0.25, -0.2) is 0 Å². The lowest BCUT2D eigenvalue weighted by molar-refractivity contribution is -0.151. The van der Waals surface area contributed by atoms with Crippen molar-refractivity contribution in [1.29, 1.82) is 0 Å². The molecule has 1 heterocycles. The highest BCUT2D eigenvalue weighted by Crippen LogP contribution is 2.37. The molecule has 4 unspecified atom stereocenters. The maximum atomic E-state index is 12.3. The van der Waals surface area contributed by atoms with Gasteiger partial charge >= 0.3 is 11.9 Å². The number of methoxy groups -OCH3 is 1. The minimum Gasteiger partial charge on any atom is -0.462 e. The van der Waals surface area contributed by atoms with Crippen LogP contribution in [0.4, 0.5) is 0 Å². The highest BCUT2D eigenvalue weighted by molar-refractivity contribution is 5.76. The summed E-state index contributed by atoms with van der Waals surface area (Å²) in [6.07, 6.45) is 5.92. The molecule has 0 bridgehead atoms. The summed E-state index contributed by atoms with van der Waals surface area (Å²) in [5, 5.41) is 0. The number of carbonyl (C=O) groups excluding carboxylic acids is 2. The summed E-state index contributed by atoms with van der Waals surface area (Å²) in [4.78, 5) is 23.8. The Balaban J connectivity index is 2.39. The molecule has 0 radical (unpaired) electrons. The highest BCUT2D eigenvalue weighted by Gasteiger charge is 2.49. The number of rotatable bonds is 3. The standard InChI is InChI=1S/C18H26O5/c1-11-6-5-7-12(2)9-16-17(15(8-11)22-13(3)19)14(10-21-4)18(20)23-16/h6,9,14-17H,5,7-8,10H2,1-4H3. The molecule has 0 spiro atoms. The van der Waals surface area contributed by atoms with E-state index in [1.807, 2.05) is 19.9 Å². The number of ether oxygens (including phenoxy) is 3. The first-order chi connectivity index (χ1) is 10.9. The molecule has 0 aromatic heterocycles. The van der Waals surface area contributed by atoms with Crippen molar-refractivity contribution in [3.05, 3.63) is 23.3 Å². The van der Waals surface area contributed by atoms with E-state index in [4.69, 9.17) is 14.2 Å². The summed E-state index contributed by atoms with van der Waals surface area (Å²) in [6, 6.07) is 0. The number of hydrogen-bond donors (Lipinski definition) is 0. The van der Waals surface area contributed by atoms with E-state index in [0.717, 1.165) is 12.8 Å². The summed E-state index contributed by atoms with van der Waals surface area (Å²) in [7, 11) is 1.56. The number of allylic oxidation sites excluding steroid dienone is 2. The molecule has 0 aromatic rings. The van der Waals surface area contributed by atoms with E-state index in [1.165, 1.54) is 18.1 Å². The molecule has 1 saturated heterocycles. The van der Waals surface area contributed by atoms with Crippen molar-refractivity contribution < 1.29 is 23.8 Å². The smallest absolute Gasteiger partial charge is 0.312 e. The Morgan fingerprint density at radius 2 is 2.09 bits per heavy atom. The van der Waals surface area contributed by atoms with Gasteiger partial charge in [0, 0.05) is 20.5 Å². The lowest BCUT2D eigenvalue weighted by atomic mass is 9.81. The van der Waals surface area contributed by atoms with Gasteiger partial charge in [-0.2, -0.15) is 0 Å². The van der Waals surface area contributed by atoms with Crippen LogP contribution in [0.1, 0.15) is 40.0 Å². The first-order valence-corrected chi connectivity index (χ1v) is 8.12.